The van der Waals surface area contributed by atoms with Crippen LogP contribution in [0.1, 0.15) is 36.8 Å². The number of nitrogens with zero attached hydrogens (tertiary/aromatic N) is 1. The molecule has 0 aliphatic heterocycles. The number of benzene rings is 3. The summed E-state index contributed by atoms with van der Waals surface area (Å²) in [5, 5.41) is 4.52. The van der Waals surface area contributed by atoms with Gasteiger partial charge in [-0.2, -0.15) is 0 Å². The Morgan fingerprint density at radius 3 is 2.11 bits per heavy atom. The highest BCUT2D eigenvalue weighted by molar-refractivity contribution is 8.00. The number of halogens is 2. The van der Waals surface area contributed by atoms with Crippen LogP contribution in [0.3, 0.4) is 0 Å². The molecule has 1 atom stereocenters. The first kappa shape index (κ1) is 26.6. The van der Waals surface area contributed by atoms with Crippen molar-refractivity contribution < 1.29 is 9.59 Å². The minimum Gasteiger partial charge on any atom is -0.352 e. The molecule has 1 N–H and O–H groups in total. The predicted molar refractivity (Wildman–Crippen MR) is 149 cm³/mol. The largest absolute Gasteiger partial charge is 0.352 e. The molecule has 7 heteroatoms. The second-order valence-corrected chi connectivity index (χ2v) is 11.0. The minimum absolute atomic E-state index is 0.0904. The second kappa shape index (κ2) is 13.2. The molecule has 0 aromatic heterocycles. The number of nitrogens with one attached hydrogen (secondary N) is 1. The summed E-state index contributed by atoms with van der Waals surface area (Å²) in [6, 6.07) is 24.3. The smallest absolute Gasteiger partial charge is 0.243 e. The molecular weight excluding hydrogens is 511 g/mol. The second-order valence-electron chi connectivity index (χ2n) is 9.09. The first-order chi connectivity index (χ1) is 17.5. The molecule has 1 aliphatic carbocycles. The Hall–Kier alpha value is -2.47. The molecule has 1 saturated carbocycles. The van der Waals surface area contributed by atoms with Gasteiger partial charge in [0.25, 0.3) is 0 Å². The lowest BCUT2D eigenvalue weighted by atomic mass is 10.0. The average Bonchev–Trinajstić information content (AvgIpc) is 3.40. The molecule has 0 heterocycles. The van der Waals surface area contributed by atoms with E-state index in [9.17, 15) is 9.59 Å². The summed E-state index contributed by atoms with van der Waals surface area (Å²) >= 11 is 13.6. The third-order valence-corrected chi connectivity index (χ3v) is 7.92. The zero-order chi connectivity index (χ0) is 25.3. The highest BCUT2D eigenvalue weighted by Crippen LogP contribution is 2.24. The van der Waals surface area contributed by atoms with E-state index in [0.717, 1.165) is 41.7 Å². The fourth-order valence-electron chi connectivity index (χ4n) is 4.47. The highest BCUT2D eigenvalue weighted by Gasteiger charge is 2.32. The van der Waals surface area contributed by atoms with Gasteiger partial charge < -0.3 is 10.2 Å². The van der Waals surface area contributed by atoms with E-state index in [1.807, 2.05) is 78.9 Å². The third kappa shape index (κ3) is 7.76. The summed E-state index contributed by atoms with van der Waals surface area (Å²) in [5.74, 6) is 0.0361. The summed E-state index contributed by atoms with van der Waals surface area (Å²) < 4.78 is 0. The molecule has 2 amide bonds. The van der Waals surface area contributed by atoms with Crippen molar-refractivity contribution in [1.82, 2.24) is 10.2 Å². The van der Waals surface area contributed by atoms with Gasteiger partial charge in [-0.25, -0.2) is 0 Å². The first-order valence-electron chi connectivity index (χ1n) is 12.2. The Bertz CT molecular complexity index is 1130. The van der Waals surface area contributed by atoms with E-state index in [-0.39, 0.29) is 23.6 Å². The zero-order valence-electron chi connectivity index (χ0n) is 20.0. The van der Waals surface area contributed by atoms with Crippen molar-refractivity contribution in [3.63, 3.8) is 0 Å². The van der Waals surface area contributed by atoms with Gasteiger partial charge in [0.05, 0.1) is 5.75 Å². The normalized spacial score (nSPS) is 14.4. The Balaban J connectivity index is 1.59. The van der Waals surface area contributed by atoms with Crippen LogP contribution in [0.25, 0.3) is 0 Å². The fraction of sp³-hybridized carbons (Fsp3) is 0.310. The van der Waals surface area contributed by atoms with Crippen molar-refractivity contribution in [2.75, 3.05) is 5.75 Å². The van der Waals surface area contributed by atoms with Gasteiger partial charge >= 0.3 is 0 Å². The van der Waals surface area contributed by atoms with Crippen LogP contribution in [0.2, 0.25) is 10.0 Å². The number of hydrogen-bond donors (Lipinski definition) is 1. The van der Waals surface area contributed by atoms with Gasteiger partial charge in [-0.3, -0.25) is 9.59 Å². The minimum atomic E-state index is -0.623. The number of carbonyl (C=O) groups excluding carboxylic acids is 2. The van der Waals surface area contributed by atoms with Gasteiger partial charge in [0, 0.05) is 33.9 Å². The SMILES string of the molecule is O=C(NC1CCCC1)[C@@H](Cc1ccccc1)N(Cc1ccc(Cl)cc1)C(=O)CSc1ccc(Cl)cc1. The van der Waals surface area contributed by atoms with Crippen LogP contribution in [0.5, 0.6) is 0 Å². The van der Waals surface area contributed by atoms with Gasteiger partial charge in [0.1, 0.15) is 6.04 Å². The van der Waals surface area contributed by atoms with Crippen LogP contribution in [0.15, 0.2) is 83.8 Å². The molecule has 1 fully saturated rings. The Labute approximate surface area is 227 Å². The van der Waals surface area contributed by atoms with E-state index in [4.69, 9.17) is 23.2 Å². The van der Waals surface area contributed by atoms with Crippen LogP contribution in [-0.2, 0) is 22.6 Å². The van der Waals surface area contributed by atoms with Crippen LogP contribution in [0.4, 0.5) is 0 Å². The van der Waals surface area contributed by atoms with Gasteiger partial charge in [-0.15, -0.1) is 11.8 Å². The molecule has 4 rings (SSSR count). The summed E-state index contributed by atoms with van der Waals surface area (Å²) in [5.41, 5.74) is 1.94. The molecular formula is C29H30Cl2N2O2S. The van der Waals surface area contributed by atoms with Crippen molar-refractivity contribution in [3.8, 4) is 0 Å². The van der Waals surface area contributed by atoms with Gasteiger partial charge in [-0.05, 0) is 60.4 Å². The standard InChI is InChI=1S/C29H30Cl2N2O2S/c30-23-12-10-22(11-13-23)19-33(28(34)20-36-26-16-14-24(31)15-17-26)27(18-21-6-2-1-3-7-21)29(35)32-25-8-4-5-9-25/h1-3,6-7,10-17,25,27H,4-5,8-9,18-20H2,(H,32,35)/t27-/m1/s1. The molecule has 0 spiro atoms. The summed E-state index contributed by atoms with van der Waals surface area (Å²) in [7, 11) is 0. The third-order valence-electron chi connectivity index (χ3n) is 6.41. The molecule has 4 nitrogen and oxygen atoms in total. The Morgan fingerprint density at radius 1 is 0.861 bits per heavy atom. The maximum atomic E-state index is 13.7. The lowest BCUT2D eigenvalue weighted by Crippen LogP contribution is -2.52. The predicted octanol–water partition coefficient (Wildman–Crippen LogP) is 6.78. The fourth-order valence-corrected chi connectivity index (χ4v) is 5.50. The zero-order valence-corrected chi connectivity index (χ0v) is 22.4. The number of rotatable bonds is 10. The average molecular weight is 542 g/mol. The number of thioether (sulfide) groups is 1. The molecule has 3 aromatic carbocycles. The van der Waals surface area contributed by atoms with Crippen LogP contribution in [0, 0.1) is 0 Å². The molecule has 36 heavy (non-hydrogen) atoms. The first-order valence-corrected chi connectivity index (χ1v) is 14.0. The van der Waals surface area contributed by atoms with Crippen molar-refractivity contribution in [3.05, 3.63) is 100 Å². The molecule has 0 radical (unpaired) electrons. The van der Waals surface area contributed by atoms with Crippen molar-refractivity contribution >= 4 is 46.8 Å². The molecule has 0 unspecified atom stereocenters. The van der Waals surface area contributed by atoms with Crippen LogP contribution in [-0.4, -0.2) is 34.6 Å². The maximum absolute atomic E-state index is 13.7. The van der Waals surface area contributed by atoms with E-state index in [1.54, 1.807) is 4.90 Å². The van der Waals surface area contributed by atoms with Crippen LogP contribution >= 0.6 is 35.0 Å². The topological polar surface area (TPSA) is 49.4 Å². The quantitative estimate of drug-likeness (QED) is 0.288. The Kier molecular flexibility index (Phi) is 9.74. The van der Waals surface area contributed by atoms with Crippen molar-refractivity contribution in [2.45, 2.75) is 55.6 Å². The van der Waals surface area contributed by atoms with Crippen molar-refractivity contribution in [2.24, 2.45) is 0 Å². The summed E-state index contributed by atoms with van der Waals surface area (Å²) in [6.07, 6.45) is 4.67. The van der Waals surface area contributed by atoms with Gasteiger partial charge in [0.2, 0.25) is 11.8 Å². The Morgan fingerprint density at radius 2 is 1.47 bits per heavy atom. The number of carbonyl (C=O) groups is 2. The lowest BCUT2D eigenvalue weighted by molar-refractivity contribution is -0.139. The molecule has 1 aliphatic rings. The van der Waals surface area contributed by atoms with E-state index in [2.05, 4.69) is 5.32 Å². The molecule has 0 saturated heterocycles. The molecule has 0 bridgehead atoms. The van der Waals surface area contributed by atoms with E-state index in [0.29, 0.717) is 23.0 Å². The van der Waals surface area contributed by atoms with Gasteiger partial charge in [0.15, 0.2) is 0 Å². The number of hydrogen-bond acceptors (Lipinski definition) is 3. The monoisotopic (exact) mass is 540 g/mol. The van der Waals surface area contributed by atoms with E-state index >= 15 is 0 Å². The molecule has 188 valence electrons. The summed E-state index contributed by atoms with van der Waals surface area (Å²) in [6.45, 7) is 0.326. The van der Waals surface area contributed by atoms with Gasteiger partial charge in [-0.1, -0.05) is 78.5 Å². The lowest BCUT2D eigenvalue weighted by Gasteiger charge is -2.32. The summed E-state index contributed by atoms with van der Waals surface area (Å²) in [4.78, 5) is 30.0. The van der Waals surface area contributed by atoms with Crippen molar-refractivity contribution in [1.29, 1.82) is 0 Å². The van der Waals surface area contributed by atoms with E-state index in [1.165, 1.54) is 11.8 Å². The van der Waals surface area contributed by atoms with E-state index < -0.39 is 6.04 Å². The highest BCUT2D eigenvalue weighted by atomic mass is 35.5. The molecule has 3 aromatic rings. The number of amides is 2. The maximum Gasteiger partial charge on any atom is 0.243 e. The van der Waals surface area contributed by atoms with Crippen LogP contribution < -0.4 is 5.32 Å².